The van der Waals surface area contributed by atoms with Crippen LogP contribution in [0.4, 0.5) is 5.69 Å². The van der Waals surface area contributed by atoms with Crippen LogP contribution in [0, 0.1) is 6.92 Å². The smallest absolute Gasteiger partial charge is 0.264 e. The second kappa shape index (κ2) is 8.41. The van der Waals surface area contributed by atoms with Gasteiger partial charge in [-0.2, -0.15) is 0 Å². The standard InChI is InChI=1S/C20H23ClN2O4S/c1-3-4-11-22-20(24)19-13-23(17-12-15(21)7-10-18(17)27-19)28(25,26)16-8-5-14(2)6-9-16/h5-10,12,19H,3-4,11,13H2,1-2H3,(H,22,24)/t19-/m0/s1. The number of fused-ring (bicyclic) bond motifs is 1. The third-order valence-corrected chi connectivity index (χ3v) is 6.55. The highest BCUT2D eigenvalue weighted by Crippen LogP contribution is 2.38. The fourth-order valence-electron chi connectivity index (χ4n) is 2.93. The molecule has 28 heavy (non-hydrogen) atoms. The Labute approximate surface area is 170 Å². The van der Waals surface area contributed by atoms with E-state index in [9.17, 15) is 13.2 Å². The number of benzene rings is 2. The maximum absolute atomic E-state index is 13.3. The van der Waals surface area contributed by atoms with E-state index in [-0.39, 0.29) is 17.3 Å². The molecule has 1 aliphatic rings. The Morgan fingerprint density at radius 3 is 2.64 bits per heavy atom. The zero-order chi connectivity index (χ0) is 20.3. The molecule has 1 N–H and O–H groups in total. The van der Waals surface area contributed by atoms with E-state index in [0.717, 1.165) is 18.4 Å². The number of nitrogens with one attached hydrogen (secondary N) is 1. The van der Waals surface area contributed by atoms with Gasteiger partial charge in [0, 0.05) is 11.6 Å². The van der Waals surface area contributed by atoms with Crippen LogP contribution < -0.4 is 14.4 Å². The van der Waals surface area contributed by atoms with Gasteiger partial charge in [0.2, 0.25) is 0 Å². The van der Waals surface area contributed by atoms with Gasteiger partial charge in [0.15, 0.2) is 6.10 Å². The van der Waals surface area contributed by atoms with E-state index in [0.29, 0.717) is 23.0 Å². The summed E-state index contributed by atoms with van der Waals surface area (Å²) in [4.78, 5) is 12.7. The Morgan fingerprint density at radius 1 is 1.25 bits per heavy atom. The lowest BCUT2D eigenvalue weighted by atomic mass is 10.2. The first-order valence-electron chi connectivity index (χ1n) is 9.16. The van der Waals surface area contributed by atoms with E-state index in [4.69, 9.17) is 16.3 Å². The fourth-order valence-corrected chi connectivity index (χ4v) is 4.56. The lowest BCUT2D eigenvalue weighted by Crippen LogP contribution is -2.50. The third kappa shape index (κ3) is 4.25. The number of nitrogens with zero attached hydrogens (tertiary/aromatic N) is 1. The maximum atomic E-state index is 13.3. The highest BCUT2D eigenvalue weighted by molar-refractivity contribution is 7.92. The summed E-state index contributed by atoms with van der Waals surface area (Å²) in [6.45, 7) is 4.31. The molecular weight excluding hydrogens is 400 g/mol. The van der Waals surface area contributed by atoms with Crippen LogP contribution in [0.15, 0.2) is 47.4 Å². The minimum atomic E-state index is -3.89. The molecule has 2 aromatic rings. The monoisotopic (exact) mass is 422 g/mol. The number of hydrogen-bond donors (Lipinski definition) is 1. The molecule has 2 aromatic carbocycles. The molecule has 150 valence electrons. The average Bonchev–Trinajstić information content (AvgIpc) is 2.67. The van der Waals surface area contributed by atoms with Crippen molar-refractivity contribution in [2.24, 2.45) is 0 Å². The molecule has 0 radical (unpaired) electrons. The van der Waals surface area contributed by atoms with E-state index >= 15 is 0 Å². The number of unbranched alkanes of at least 4 members (excludes halogenated alkanes) is 1. The van der Waals surface area contributed by atoms with Crippen LogP contribution in [0.2, 0.25) is 5.02 Å². The van der Waals surface area contributed by atoms with Gasteiger partial charge in [0.05, 0.1) is 17.1 Å². The number of anilines is 1. The predicted octanol–water partition coefficient (Wildman–Crippen LogP) is 3.52. The summed E-state index contributed by atoms with van der Waals surface area (Å²) in [6.07, 6.45) is 0.850. The summed E-state index contributed by atoms with van der Waals surface area (Å²) in [5.41, 5.74) is 1.28. The van der Waals surface area contributed by atoms with Crippen molar-refractivity contribution in [1.29, 1.82) is 0 Å². The van der Waals surface area contributed by atoms with Crippen molar-refractivity contribution in [2.45, 2.75) is 37.7 Å². The largest absolute Gasteiger partial charge is 0.476 e. The molecule has 1 amide bonds. The number of rotatable bonds is 6. The predicted molar refractivity (Wildman–Crippen MR) is 109 cm³/mol. The molecule has 0 spiro atoms. The van der Waals surface area contributed by atoms with Crippen LogP contribution in [0.1, 0.15) is 25.3 Å². The number of carbonyl (C=O) groups excluding carboxylic acids is 1. The number of sulfonamides is 1. The zero-order valence-corrected chi connectivity index (χ0v) is 17.4. The Hall–Kier alpha value is -2.25. The molecule has 8 heteroatoms. The van der Waals surface area contributed by atoms with Gasteiger partial charge < -0.3 is 10.1 Å². The van der Waals surface area contributed by atoms with Gasteiger partial charge >= 0.3 is 0 Å². The van der Waals surface area contributed by atoms with Gasteiger partial charge in [-0.1, -0.05) is 42.6 Å². The molecular formula is C20H23ClN2O4S. The normalized spacial score (nSPS) is 16.2. The van der Waals surface area contributed by atoms with Gasteiger partial charge in [0.25, 0.3) is 15.9 Å². The summed E-state index contributed by atoms with van der Waals surface area (Å²) in [7, 11) is -3.89. The Kier molecular flexibility index (Phi) is 6.15. The molecule has 0 aliphatic carbocycles. The van der Waals surface area contributed by atoms with Crippen molar-refractivity contribution in [3.63, 3.8) is 0 Å². The zero-order valence-electron chi connectivity index (χ0n) is 15.8. The molecule has 0 aromatic heterocycles. The van der Waals surface area contributed by atoms with Crippen molar-refractivity contribution >= 4 is 33.2 Å². The molecule has 1 heterocycles. The summed E-state index contributed by atoms with van der Waals surface area (Å²) in [6, 6.07) is 11.3. The van der Waals surface area contributed by atoms with Crippen LogP contribution >= 0.6 is 11.6 Å². The van der Waals surface area contributed by atoms with Gasteiger partial charge in [-0.25, -0.2) is 8.42 Å². The van der Waals surface area contributed by atoms with E-state index < -0.39 is 16.1 Å². The Balaban J connectivity index is 1.97. The van der Waals surface area contributed by atoms with Crippen molar-refractivity contribution in [3.05, 3.63) is 53.1 Å². The molecule has 1 atom stereocenters. The highest BCUT2D eigenvalue weighted by atomic mass is 35.5. The highest BCUT2D eigenvalue weighted by Gasteiger charge is 2.37. The van der Waals surface area contributed by atoms with E-state index in [1.54, 1.807) is 36.4 Å². The number of ether oxygens (including phenoxy) is 1. The molecule has 0 saturated heterocycles. The van der Waals surface area contributed by atoms with Crippen LogP contribution in [-0.2, 0) is 14.8 Å². The first-order chi connectivity index (χ1) is 13.3. The lowest BCUT2D eigenvalue weighted by molar-refractivity contribution is -0.127. The minimum Gasteiger partial charge on any atom is -0.476 e. The molecule has 1 aliphatic heterocycles. The fraction of sp³-hybridized carbons (Fsp3) is 0.350. The molecule has 6 nitrogen and oxygen atoms in total. The first-order valence-corrected chi connectivity index (χ1v) is 11.0. The van der Waals surface area contributed by atoms with Gasteiger partial charge in [-0.05, 0) is 43.7 Å². The van der Waals surface area contributed by atoms with E-state index in [1.165, 1.54) is 10.4 Å². The van der Waals surface area contributed by atoms with Crippen LogP contribution in [0.3, 0.4) is 0 Å². The van der Waals surface area contributed by atoms with E-state index in [1.807, 2.05) is 13.8 Å². The van der Waals surface area contributed by atoms with Crippen molar-refractivity contribution in [2.75, 3.05) is 17.4 Å². The number of aryl methyl sites for hydroxylation is 1. The van der Waals surface area contributed by atoms with Gasteiger partial charge in [0.1, 0.15) is 5.75 Å². The number of carbonyl (C=O) groups is 1. The number of halogens is 1. The number of hydrogen-bond acceptors (Lipinski definition) is 4. The molecule has 0 saturated carbocycles. The second-order valence-electron chi connectivity index (χ2n) is 6.71. The SMILES string of the molecule is CCCCNC(=O)[C@@H]1CN(S(=O)(=O)c2ccc(C)cc2)c2cc(Cl)ccc2O1. The molecule has 0 unspecified atom stereocenters. The minimum absolute atomic E-state index is 0.124. The Morgan fingerprint density at radius 2 is 1.96 bits per heavy atom. The topological polar surface area (TPSA) is 75.7 Å². The van der Waals surface area contributed by atoms with Crippen molar-refractivity contribution < 1.29 is 17.9 Å². The third-order valence-electron chi connectivity index (χ3n) is 4.52. The van der Waals surface area contributed by atoms with Crippen LogP contribution in [-0.4, -0.2) is 33.5 Å². The number of amides is 1. The second-order valence-corrected chi connectivity index (χ2v) is 9.01. The van der Waals surface area contributed by atoms with Crippen molar-refractivity contribution in [3.8, 4) is 5.75 Å². The average molecular weight is 423 g/mol. The summed E-state index contributed by atoms with van der Waals surface area (Å²) >= 11 is 6.09. The molecule has 3 rings (SSSR count). The quantitative estimate of drug-likeness (QED) is 0.722. The van der Waals surface area contributed by atoms with E-state index in [2.05, 4.69) is 5.32 Å². The summed E-state index contributed by atoms with van der Waals surface area (Å²) in [5.74, 6) is -0.0277. The molecule has 0 fully saturated rings. The Bertz CT molecular complexity index is 961. The van der Waals surface area contributed by atoms with Gasteiger partial charge in [-0.15, -0.1) is 0 Å². The van der Waals surface area contributed by atoms with Crippen molar-refractivity contribution in [1.82, 2.24) is 5.32 Å². The summed E-state index contributed by atoms with van der Waals surface area (Å²) in [5, 5.41) is 3.19. The maximum Gasteiger partial charge on any atom is 0.264 e. The summed E-state index contributed by atoms with van der Waals surface area (Å²) < 4.78 is 33.6. The lowest BCUT2D eigenvalue weighted by Gasteiger charge is -2.35. The van der Waals surface area contributed by atoms with Gasteiger partial charge in [-0.3, -0.25) is 9.10 Å². The van der Waals surface area contributed by atoms with Crippen LogP contribution in [0.5, 0.6) is 5.75 Å². The van der Waals surface area contributed by atoms with Crippen LogP contribution in [0.25, 0.3) is 0 Å². The first kappa shape index (κ1) is 20.5. The molecule has 0 bridgehead atoms.